The van der Waals surface area contributed by atoms with Crippen molar-refractivity contribution in [1.29, 1.82) is 0 Å². The third-order valence-corrected chi connectivity index (χ3v) is 4.60. The number of hydrogen-bond donors (Lipinski definition) is 2. The third kappa shape index (κ3) is 9.53. The highest BCUT2D eigenvalue weighted by Gasteiger charge is 2.06. The van der Waals surface area contributed by atoms with Crippen molar-refractivity contribution in [1.82, 2.24) is 20.5 Å². The van der Waals surface area contributed by atoms with Gasteiger partial charge >= 0.3 is 0 Å². The SMILES string of the molecule is CCNC(=NCc1ccc(Oc2ccccc2OCC)nc1)NCCN(C)CCCOC. The normalized spacial score (nSPS) is 11.5. The summed E-state index contributed by atoms with van der Waals surface area (Å²) in [6.07, 6.45) is 2.82. The van der Waals surface area contributed by atoms with E-state index in [0.29, 0.717) is 30.5 Å². The Labute approximate surface area is 192 Å². The number of likely N-dealkylation sites (N-methyl/N-ethyl adjacent to an activating group) is 1. The van der Waals surface area contributed by atoms with Gasteiger partial charge in [-0.1, -0.05) is 18.2 Å². The molecule has 0 fully saturated rings. The number of aliphatic imine (C=N–C) groups is 1. The molecule has 0 spiro atoms. The Hall–Kier alpha value is -2.84. The minimum absolute atomic E-state index is 0.520. The summed E-state index contributed by atoms with van der Waals surface area (Å²) >= 11 is 0. The van der Waals surface area contributed by atoms with Crippen molar-refractivity contribution in [3.8, 4) is 17.4 Å². The first kappa shape index (κ1) is 25.4. The van der Waals surface area contributed by atoms with Gasteiger partial charge < -0.3 is 29.7 Å². The molecule has 1 aromatic carbocycles. The summed E-state index contributed by atoms with van der Waals surface area (Å²) in [7, 11) is 3.85. The fourth-order valence-electron chi connectivity index (χ4n) is 2.95. The van der Waals surface area contributed by atoms with E-state index in [1.165, 1.54) is 0 Å². The number of rotatable bonds is 14. The van der Waals surface area contributed by atoms with E-state index in [9.17, 15) is 0 Å². The first-order valence-electron chi connectivity index (χ1n) is 11.2. The standard InChI is InChI=1S/C24H37N5O3/c1-5-25-24(26-14-16-29(3)15-9-17-30-4)28-19-20-12-13-23(27-18-20)32-22-11-8-7-10-21(22)31-6-2/h7-8,10-13,18H,5-6,9,14-17,19H2,1-4H3,(H2,25,26,28). The van der Waals surface area contributed by atoms with Crippen molar-refractivity contribution in [2.75, 3.05) is 53.6 Å². The molecule has 0 amide bonds. The smallest absolute Gasteiger partial charge is 0.219 e. The number of aromatic nitrogens is 1. The van der Waals surface area contributed by atoms with E-state index < -0.39 is 0 Å². The van der Waals surface area contributed by atoms with Crippen LogP contribution in [0.5, 0.6) is 17.4 Å². The van der Waals surface area contributed by atoms with Crippen LogP contribution in [-0.4, -0.2) is 69.4 Å². The lowest BCUT2D eigenvalue weighted by Crippen LogP contribution is -2.41. The van der Waals surface area contributed by atoms with E-state index in [2.05, 4.69) is 39.5 Å². The fraction of sp³-hybridized carbons (Fsp3) is 0.500. The molecule has 0 saturated carbocycles. The topological polar surface area (TPSA) is 80.2 Å². The van der Waals surface area contributed by atoms with Crippen molar-refractivity contribution in [2.45, 2.75) is 26.8 Å². The number of methoxy groups -OCH3 is 1. The van der Waals surface area contributed by atoms with E-state index in [1.54, 1.807) is 13.3 Å². The van der Waals surface area contributed by atoms with Gasteiger partial charge in [0.25, 0.3) is 0 Å². The summed E-state index contributed by atoms with van der Waals surface area (Å²) in [5.41, 5.74) is 1.00. The minimum atomic E-state index is 0.520. The second-order valence-electron chi connectivity index (χ2n) is 7.26. The molecule has 2 rings (SSSR count). The van der Waals surface area contributed by atoms with E-state index >= 15 is 0 Å². The van der Waals surface area contributed by atoms with Crippen molar-refractivity contribution in [3.63, 3.8) is 0 Å². The van der Waals surface area contributed by atoms with Crippen LogP contribution < -0.4 is 20.1 Å². The van der Waals surface area contributed by atoms with Gasteiger partial charge in [0.1, 0.15) is 0 Å². The number of hydrogen-bond acceptors (Lipinski definition) is 6. The Kier molecular flexibility index (Phi) is 12.0. The van der Waals surface area contributed by atoms with Crippen molar-refractivity contribution in [3.05, 3.63) is 48.2 Å². The number of ether oxygens (including phenoxy) is 3. The average molecular weight is 444 g/mol. The minimum Gasteiger partial charge on any atom is -0.490 e. The summed E-state index contributed by atoms with van der Waals surface area (Å²) in [6, 6.07) is 11.4. The molecule has 2 N–H and O–H groups in total. The maximum atomic E-state index is 5.88. The van der Waals surface area contributed by atoms with E-state index in [-0.39, 0.29) is 0 Å². The largest absolute Gasteiger partial charge is 0.490 e. The van der Waals surface area contributed by atoms with Gasteiger partial charge in [-0.15, -0.1) is 0 Å². The first-order chi connectivity index (χ1) is 15.7. The summed E-state index contributed by atoms with van der Waals surface area (Å²) in [5.74, 6) is 2.67. The Morgan fingerprint density at radius 3 is 2.56 bits per heavy atom. The average Bonchev–Trinajstić information content (AvgIpc) is 2.80. The van der Waals surface area contributed by atoms with Crippen LogP contribution in [-0.2, 0) is 11.3 Å². The molecule has 8 heteroatoms. The Bertz CT molecular complexity index is 798. The predicted octanol–water partition coefficient (Wildman–Crippen LogP) is 3.30. The van der Waals surface area contributed by atoms with E-state index in [1.807, 2.05) is 43.3 Å². The van der Waals surface area contributed by atoms with Gasteiger partial charge in [-0.05, 0) is 45.0 Å². The van der Waals surface area contributed by atoms with Crippen molar-refractivity contribution >= 4 is 5.96 Å². The molecule has 0 aliphatic carbocycles. The number of para-hydroxylation sites is 2. The molecule has 32 heavy (non-hydrogen) atoms. The zero-order chi connectivity index (χ0) is 23.0. The molecule has 0 saturated heterocycles. The maximum Gasteiger partial charge on any atom is 0.219 e. The van der Waals surface area contributed by atoms with Gasteiger partial charge in [0.05, 0.1) is 13.2 Å². The second-order valence-corrected chi connectivity index (χ2v) is 7.26. The molecular weight excluding hydrogens is 406 g/mol. The fourth-order valence-corrected chi connectivity index (χ4v) is 2.95. The van der Waals surface area contributed by atoms with Gasteiger partial charge in [0.2, 0.25) is 5.88 Å². The molecule has 1 aromatic heterocycles. The van der Waals surface area contributed by atoms with Crippen LogP contribution >= 0.6 is 0 Å². The van der Waals surface area contributed by atoms with Gasteiger partial charge in [0, 0.05) is 52.2 Å². The number of nitrogens with one attached hydrogen (secondary N) is 2. The Morgan fingerprint density at radius 2 is 1.88 bits per heavy atom. The third-order valence-electron chi connectivity index (χ3n) is 4.60. The van der Waals surface area contributed by atoms with E-state index in [0.717, 1.165) is 50.7 Å². The lowest BCUT2D eigenvalue weighted by Gasteiger charge is -2.18. The Balaban J connectivity index is 1.86. The molecule has 0 unspecified atom stereocenters. The molecule has 0 aliphatic heterocycles. The Morgan fingerprint density at radius 1 is 1.06 bits per heavy atom. The van der Waals surface area contributed by atoms with Crippen LogP contribution in [0.2, 0.25) is 0 Å². The number of guanidine groups is 1. The molecule has 0 atom stereocenters. The summed E-state index contributed by atoms with van der Waals surface area (Å²) in [4.78, 5) is 11.4. The molecule has 176 valence electrons. The highest BCUT2D eigenvalue weighted by atomic mass is 16.5. The van der Waals surface area contributed by atoms with Crippen LogP contribution in [0, 0.1) is 0 Å². The number of benzene rings is 1. The molecule has 0 radical (unpaired) electrons. The highest BCUT2D eigenvalue weighted by Crippen LogP contribution is 2.30. The van der Waals surface area contributed by atoms with Gasteiger partial charge in [-0.2, -0.15) is 0 Å². The van der Waals surface area contributed by atoms with Gasteiger partial charge in [-0.25, -0.2) is 9.98 Å². The first-order valence-corrected chi connectivity index (χ1v) is 11.2. The van der Waals surface area contributed by atoms with Crippen LogP contribution in [0.4, 0.5) is 0 Å². The number of nitrogens with zero attached hydrogens (tertiary/aromatic N) is 3. The van der Waals surface area contributed by atoms with Crippen LogP contribution in [0.1, 0.15) is 25.8 Å². The predicted molar refractivity (Wildman–Crippen MR) is 129 cm³/mol. The quantitative estimate of drug-likeness (QED) is 0.263. The van der Waals surface area contributed by atoms with Crippen molar-refractivity contribution < 1.29 is 14.2 Å². The summed E-state index contributed by atoms with van der Waals surface area (Å²) in [5, 5.41) is 6.66. The maximum absolute atomic E-state index is 5.88. The lowest BCUT2D eigenvalue weighted by molar-refractivity contribution is 0.180. The monoisotopic (exact) mass is 443 g/mol. The second kappa shape index (κ2) is 15.0. The van der Waals surface area contributed by atoms with Crippen LogP contribution in [0.15, 0.2) is 47.6 Å². The zero-order valence-electron chi connectivity index (χ0n) is 19.8. The van der Waals surface area contributed by atoms with Gasteiger partial charge in [0.15, 0.2) is 17.5 Å². The number of pyridine rings is 1. The highest BCUT2D eigenvalue weighted by molar-refractivity contribution is 5.79. The van der Waals surface area contributed by atoms with Crippen LogP contribution in [0.25, 0.3) is 0 Å². The molecule has 0 bridgehead atoms. The molecule has 2 aromatic rings. The molecule has 1 heterocycles. The van der Waals surface area contributed by atoms with Crippen molar-refractivity contribution in [2.24, 2.45) is 4.99 Å². The van der Waals surface area contributed by atoms with Gasteiger partial charge in [-0.3, -0.25) is 0 Å². The van der Waals surface area contributed by atoms with Crippen LogP contribution in [0.3, 0.4) is 0 Å². The lowest BCUT2D eigenvalue weighted by atomic mass is 10.3. The summed E-state index contributed by atoms with van der Waals surface area (Å²) in [6.45, 7) is 9.48. The molecule has 8 nitrogen and oxygen atoms in total. The van der Waals surface area contributed by atoms with E-state index in [4.69, 9.17) is 14.2 Å². The zero-order valence-corrected chi connectivity index (χ0v) is 19.8. The molecule has 0 aliphatic rings. The molecular formula is C24H37N5O3. The summed E-state index contributed by atoms with van der Waals surface area (Å²) < 4.78 is 16.6.